The Balaban J connectivity index is 4.48. The van der Waals surface area contributed by atoms with Gasteiger partial charge in [0.05, 0.1) is 5.60 Å². The quantitative estimate of drug-likeness (QED) is 0.483. The number of carbonyl (C=O) groups is 2. The predicted molar refractivity (Wildman–Crippen MR) is 78.1 cm³/mol. The second-order valence-corrected chi connectivity index (χ2v) is 6.14. The average Bonchev–Trinajstić information content (AvgIpc) is 2.22. The van der Waals surface area contributed by atoms with Crippen LogP contribution in [-0.4, -0.2) is 60.8 Å². The molecule has 0 aliphatic carbocycles. The van der Waals surface area contributed by atoms with Gasteiger partial charge >= 0.3 is 6.03 Å². The summed E-state index contributed by atoms with van der Waals surface area (Å²) in [5, 5.41) is 15.2. The zero-order valence-corrected chi connectivity index (χ0v) is 13.1. The molecule has 0 bridgehead atoms. The van der Waals surface area contributed by atoms with Crippen LogP contribution in [0.3, 0.4) is 0 Å². The molecule has 0 saturated carbocycles. The zero-order chi connectivity index (χ0) is 15.9. The second-order valence-electron chi connectivity index (χ2n) is 6.14. The number of nitrogens with zero attached hydrogens (tertiary/aromatic N) is 1. The molecule has 0 heterocycles. The fourth-order valence-corrected chi connectivity index (χ4v) is 2.01. The molecule has 7 nitrogen and oxygen atoms in total. The van der Waals surface area contributed by atoms with Crippen molar-refractivity contribution in [2.24, 2.45) is 11.7 Å². The third-order valence-electron chi connectivity index (χ3n) is 2.64. The van der Waals surface area contributed by atoms with Crippen molar-refractivity contribution in [1.29, 1.82) is 0 Å². The monoisotopic (exact) mass is 288 g/mol. The van der Waals surface area contributed by atoms with Gasteiger partial charge in [-0.2, -0.15) is 0 Å². The fourth-order valence-electron chi connectivity index (χ4n) is 2.01. The van der Waals surface area contributed by atoms with Gasteiger partial charge in [0.1, 0.15) is 6.04 Å². The number of nitrogens with two attached hydrogens (primary N) is 1. The summed E-state index contributed by atoms with van der Waals surface area (Å²) in [4.78, 5) is 24.8. The van der Waals surface area contributed by atoms with Crippen LogP contribution >= 0.6 is 0 Å². The number of carbonyl (C=O) groups excluding carboxylic acids is 2. The number of amides is 3. The molecule has 20 heavy (non-hydrogen) atoms. The first kappa shape index (κ1) is 18.7. The zero-order valence-electron chi connectivity index (χ0n) is 13.1. The van der Waals surface area contributed by atoms with Crippen molar-refractivity contribution in [2.75, 3.05) is 27.2 Å². The first-order valence-electron chi connectivity index (χ1n) is 6.74. The molecule has 0 aliphatic heterocycles. The number of hydrogen-bond acceptors (Lipinski definition) is 4. The van der Waals surface area contributed by atoms with E-state index >= 15 is 0 Å². The molecule has 0 saturated heterocycles. The Labute approximate surface area is 120 Å². The van der Waals surface area contributed by atoms with Crippen LogP contribution in [0.1, 0.15) is 27.2 Å². The van der Waals surface area contributed by atoms with Crippen molar-refractivity contribution in [3.8, 4) is 0 Å². The van der Waals surface area contributed by atoms with E-state index in [-0.39, 0.29) is 18.4 Å². The van der Waals surface area contributed by atoms with Gasteiger partial charge in [-0.3, -0.25) is 4.79 Å². The number of hydrogen-bond donors (Lipinski definition) is 4. The van der Waals surface area contributed by atoms with E-state index in [0.717, 1.165) is 0 Å². The first-order chi connectivity index (χ1) is 9.03. The van der Waals surface area contributed by atoms with E-state index in [1.54, 1.807) is 6.92 Å². The van der Waals surface area contributed by atoms with Crippen molar-refractivity contribution >= 4 is 11.9 Å². The lowest BCUT2D eigenvalue weighted by Crippen LogP contribution is -2.53. The summed E-state index contributed by atoms with van der Waals surface area (Å²) in [5.74, 6) is -0.101. The van der Waals surface area contributed by atoms with Gasteiger partial charge in [0.2, 0.25) is 5.91 Å². The second kappa shape index (κ2) is 8.06. The smallest absolute Gasteiger partial charge is 0.312 e. The summed E-state index contributed by atoms with van der Waals surface area (Å²) in [6.45, 7) is 6.08. The van der Waals surface area contributed by atoms with E-state index in [1.165, 1.54) is 0 Å². The molecule has 0 aromatic heterocycles. The van der Waals surface area contributed by atoms with Gasteiger partial charge in [-0.1, -0.05) is 13.8 Å². The molecule has 0 radical (unpaired) electrons. The van der Waals surface area contributed by atoms with Gasteiger partial charge in [0, 0.05) is 13.1 Å². The molecule has 0 aromatic rings. The van der Waals surface area contributed by atoms with E-state index in [0.29, 0.717) is 13.0 Å². The van der Waals surface area contributed by atoms with E-state index in [4.69, 9.17) is 5.73 Å². The summed E-state index contributed by atoms with van der Waals surface area (Å²) in [6, 6.07) is -1.41. The van der Waals surface area contributed by atoms with Crippen LogP contribution in [0.4, 0.5) is 4.79 Å². The Kier molecular flexibility index (Phi) is 7.52. The van der Waals surface area contributed by atoms with Crippen molar-refractivity contribution < 1.29 is 14.7 Å². The lowest BCUT2D eigenvalue weighted by Gasteiger charge is -2.28. The predicted octanol–water partition coefficient (Wildman–Crippen LogP) is -0.502. The van der Waals surface area contributed by atoms with Crippen LogP contribution in [0.5, 0.6) is 0 Å². The summed E-state index contributed by atoms with van der Waals surface area (Å²) in [5.41, 5.74) is 4.04. The van der Waals surface area contributed by atoms with E-state index in [2.05, 4.69) is 10.6 Å². The fraction of sp³-hybridized carbons (Fsp3) is 0.846. The van der Waals surface area contributed by atoms with Gasteiger partial charge in [-0.25, -0.2) is 4.79 Å². The molecule has 5 N–H and O–H groups in total. The number of primary amides is 1. The number of urea groups is 1. The molecule has 0 spiro atoms. The van der Waals surface area contributed by atoms with Gasteiger partial charge in [-0.15, -0.1) is 0 Å². The largest absolute Gasteiger partial charge is 0.387 e. The van der Waals surface area contributed by atoms with E-state index in [1.807, 2.05) is 32.8 Å². The maximum Gasteiger partial charge on any atom is 0.312 e. The van der Waals surface area contributed by atoms with Crippen molar-refractivity contribution in [3.63, 3.8) is 0 Å². The van der Waals surface area contributed by atoms with Crippen LogP contribution < -0.4 is 16.4 Å². The molecule has 7 heteroatoms. The topological polar surface area (TPSA) is 108 Å². The first-order valence-corrected chi connectivity index (χ1v) is 6.74. The Bertz CT molecular complexity index is 330. The number of nitrogens with one attached hydrogen (secondary N) is 2. The Morgan fingerprint density at radius 2 is 1.90 bits per heavy atom. The highest BCUT2D eigenvalue weighted by Crippen LogP contribution is 2.06. The highest BCUT2D eigenvalue weighted by molar-refractivity contribution is 5.86. The highest BCUT2D eigenvalue weighted by atomic mass is 16.3. The van der Waals surface area contributed by atoms with Crippen molar-refractivity contribution in [3.05, 3.63) is 0 Å². The lowest BCUT2D eigenvalue weighted by molar-refractivity contribution is -0.124. The van der Waals surface area contributed by atoms with Crippen LogP contribution in [0.15, 0.2) is 0 Å². The van der Waals surface area contributed by atoms with Crippen molar-refractivity contribution in [2.45, 2.75) is 38.8 Å². The van der Waals surface area contributed by atoms with Crippen molar-refractivity contribution in [1.82, 2.24) is 15.5 Å². The highest BCUT2D eigenvalue weighted by Gasteiger charge is 2.26. The Morgan fingerprint density at radius 3 is 2.30 bits per heavy atom. The molecule has 2 unspecified atom stereocenters. The Morgan fingerprint density at radius 1 is 1.35 bits per heavy atom. The van der Waals surface area contributed by atoms with Crippen LogP contribution in [0.2, 0.25) is 0 Å². The summed E-state index contributed by atoms with van der Waals surface area (Å²) in [6.07, 6.45) is 0.491. The molecule has 0 aliphatic rings. The molecule has 0 fully saturated rings. The van der Waals surface area contributed by atoms with Gasteiger partial charge < -0.3 is 26.4 Å². The minimum absolute atomic E-state index is 0.110. The van der Waals surface area contributed by atoms with Gasteiger partial charge in [0.15, 0.2) is 0 Å². The number of rotatable bonds is 8. The van der Waals surface area contributed by atoms with Gasteiger partial charge in [0.25, 0.3) is 0 Å². The third kappa shape index (κ3) is 8.71. The molecule has 0 rings (SSSR count). The summed E-state index contributed by atoms with van der Waals surface area (Å²) >= 11 is 0. The minimum atomic E-state index is -1.03. The molecular weight excluding hydrogens is 260 g/mol. The standard InChI is InChI=1S/C13H28N4O3/c1-9(2)6-10(16-12(14)19)11(18)15-7-13(3,20)8-17(4)5/h9-10,20H,6-8H2,1-5H3,(H,15,18)(H3,14,16,19). The number of likely N-dealkylation sites (N-methyl/N-ethyl adjacent to an activating group) is 1. The summed E-state index contributed by atoms with van der Waals surface area (Å²) in [7, 11) is 3.68. The molecule has 0 aromatic carbocycles. The average molecular weight is 288 g/mol. The van der Waals surface area contributed by atoms with Crippen LogP contribution in [0.25, 0.3) is 0 Å². The van der Waals surface area contributed by atoms with Gasteiger partial charge in [-0.05, 0) is 33.4 Å². The Hall–Kier alpha value is -1.34. The molecule has 3 amide bonds. The van der Waals surface area contributed by atoms with Crippen LogP contribution in [0, 0.1) is 5.92 Å². The molecular formula is C13H28N4O3. The minimum Gasteiger partial charge on any atom is -0.387 e. The molecule has 118 valence electrons. The maximum absolute atomic E-state index is 12.0. The maximum atomic E-state index is 12.0. The summed E-state index contributed by atoms with van der Waals surface area (Å²) < 4.78 is 0. The van der Waals surface area contributed by atoms with E-state index in [9.17, 15) is 14.7 Å². The SMILES string of the molecule is CC(C)CC(NC(N)=O)C(=O)NCC(C)(O)CN(C)C. The van der Waals surface area contributed by atoms with Crippen LogP contribution in [-0.2, 0) is 4.79 Å². The normalized spacial score (nSPS) is 15.8. The molecule has 2 atom stereocenters. The van der Waals surface area contributed by atoms with E-state index < -0.39 is 17.7 Å². The number of aliphatic hydroxyl groups is 1. The lowest BCUT2D eigenvalue weighted by atomic mass is 10.0. The third-order valence-corrected chi connectivity index (χ3v) is 2.64.